The van der Waals surface area contributed by atoms with Gasteiger partial charge >= 0.3 is 5.97 Å². The maximum Gasteiger partial charge on any atom is 0.306 e. The first kappa shape index (κ1) is 17.1. The molecule has 1 amide bonds. The van der Waals surface area contributed by atoms with E-state index in [9.17, 15) is 9.59 Å². The fourth-order valence-corrected chi connectivity index (χ4v) is 3.05. The Morgan fingerprint density at radius 3 is 2.36 bits per heavy atom. The molecule has 0 spiro atoms. The Hall–Kier alpha value is -1.26. The van der Waals surface area contributed by atoms with Crippen LogP contribution in [0.2, 0.25) is 10.0 Å². The van der Waals surface area contributed by atoms with Crippen molar-refractivity contribution >= 4 is 35.1 Å². The van der Waals surface area contributed by atoms with Crippen molar-refractivity contribution < 1.29 is 14.7 Å². The molecular formula is C16H19Cl2NO3. The molecule has 6 heteroatoms. The van der Waals surface area contributed by atoms with Crippen LogP contribution < -0.4 is 5.32 Å². The maximum atomic E-state index is 12.3. The number of hydrogen-bond acceptors (Lipinski definition) is 2. The standard InChI is InChI=1S/C16H19Cl2NO3/c1-9(11-4-7-13(17)14(18)8-11)15(20)19-12-5-2-10(3-6-12)16(21)22/h4,7-10,12H,2-3,5-6H2,1H3,(H,19,20)(H,21,22). The van der Waals surface area contributed by atoms with Crippen LogP contribution >= 0.6 is 23.2 Å². The molecule has 1 fully saturated rings. The van der Waals surface area contributed by atoms with Gasteiger partial charge in [0.1, 0.15) is 0 Å². The summed E-state index contributed by atoms with van der Waals surface area (Å²) in [6, 6.07) is 5.23. The van der Waals surface area contributed by atoms with Gasteiger partial charge < -0.3 is 10.4 Å². The van der Waals surface area contributed by atoms with E-state index in [1.54, 1.807) is 18.2 Å². The van der Waals surface area contributed by atoms with E-state index in [-0.39, 0.29) is 23.8 Å². The van der Waals surface area contributed by atoms with E-state index in [4.69, 9.17) is 28.3 Å². The summed E-state index contributed by atoms with van der Waals surface area (Å²) in [4.78, 5) is 23.2. The Morgan fingerprint density at radius 1 is 1.18 bits per heavy atom. The Bertz CT molecular complexity index is 569. The summed E-state index contributed by atoms with van der Waals surface area (Å²) in [5.41, 5.74) is 0.811. The molecule has 0 saturated heterocycles. The van der Waals surface area contributed by atoms with Crippen molar-refractivity contribution in [2.24, 2.45) is 5.92 Å². The van der Waals surface area contributed by atoms with Gasteiger partial charge in [0.15, 0.2) is 0 Å². The molecule has 22 heavy (non-hydrogen) atoms. The van der Waals surface area contributed by atoms with Crippen LogP contribution in [0.3, 0.4) is 0 Å². The number of carboxylic acids is 1. The molecule has 120 valence electrons. The average Bonchev–Trinajstić information content (AvgIpc) is 2.49. The molecule has 0 radical (unpaired) electrons. The number of amides is 1. The number of rotatable bonds is 4. The van der Waals surface area contributed by atoms with Crippen molar-refractivity contribution in [1.29, 1.82) is 0 Å². The first-order valence-electron chi connectivity index (χ1n) is 7.36. The lowest BCUT2D eigenvalue weighted by Crippen LogP contribution is -2.40. The van der Waals surface area contributed by atoms with E-state index in [0.29, 0.717) is 35.7 Å². The second-order valence-electron chi connectivity index (χ2n) is 5.79. The minimum Gasteiger partial charge on any atom is -0.481 e. The second kappa shape index (κ2) is 7.34. The number of benzene rings is 1. The predicted molar refractivity (Wildman–Crippen MR) is 86.4 cm³/mol. The van der Waals surface area contributed by atoms with E-state index in [2.05, 4.69) is 5.32 Å². The van der Waals surface area contributed by atoms with Crippen LogP contribution in [0.4, 0.5) is 0 Å². The van der Waals surface area contributed by atoms with Gasteiger partial charge in [-0.05, 0) is 50.3 Å². The van der Waals surface area contributed by atoms with Crippen LogP contribution in [0, 0.1) is 5.92 Å². The molecule has 1 saturated carbocycles. The highest BCUT2D eigenvalue weighted by molar-refractivity contribution is 6.42. The molecule has 2 rings (SSSR count). The smallest absolute Gasteiger partial charge is 0.306 e. The van der Waals surface area contributed by atoms with E-state index in [1.165, 1.54) is 0 Å². The number of halogens is 2. The Morgan fingerprint density at radius 2 is 1.82 bits per heavy atom. The van der Waals surface area contributed by atoms with Crippen LogP contribution in [0.25, 0.3) is 0 Å². The zero-order valence-electron chi connectivity index (χ0n) is 12.3. The lowest BCUT2D eigenvalue weighted by Gasteiger charge is -2.28. The summed E-state index contributed by atoms with van der Waals surface area (Å²) < 4.78 is 0. The third-order valence-electron chi connectivity index (χ3n) is 4.26. The highest BCUT2D eigenvalue weighted by atomic mass is 35.5. The number of carbonyl (C=O) groups is 2. The number of hydrogen-bond donors (Lipinski definition) is 2. The summed E-state index contributed by atoms with van der Waals surface area (Å²) in [5, 5.41) is 12.9. The van der Waals surface area contributed by atoms with Crippen LogP contribution in [-0.4, -0.2) is 23.0 Å². The molecule has 4 nitrogen and oxygen atoms in total. The zero-order valence-corrected chi connectivity index (χ0v) is 13.8. The minimum atomic E-state index is -0.742. The van der Waals surface area contributed by atoms with Gasteiger partial charge in [0.25, 0.3) is 0 Å². The fourth-order valence-electron chi connectivity index (χ4n) is 2.74. The summed E-state index contributed by atoms with van der Waals surface area (Å²) in [7, 11) is 0. The number of nitrogens with one attached hydrogen (secondary N) is 1. The summed E-state index contributed by atoms with van der Waals surface area (Å²) in [6.07, 6.45) is 2.64. The van der Waals surface area contributed by atoms with E-state index in [0.717, 1.165) is 5.56 Å². The molecule has 2 N–H and O–H groups in total. The summed E-state index contributed by atoms with van der Waals surface area (Å²) in [6.45, 7) is 1.82. The minimum absolute atomic E-state index is 0.0494. The maximum absolute atomic E-state index is 12.3. The quantitative estimate of drug-likeness (QED) is 0.872. The van der Waals surface area contributed by atoms with Crippen LogP contribution in [0.1, 0.15) is 44.1 Å². The molecule has 0 aromatic heterocycles. The molecule has 0 aliphatic heterocycles. The van der Waals surface area contributed by atoms with Gasteiger partial charge in [-0.15, -0.1) is 0 Å². The van der Waals surface area contributed by atoms with Gasteiger partial charge in [-0.2, -0.15) is 0 Å². The third kappa shape index (κ3) is 4.14. The molecular weight excluding hydrogens is 325 g/mol. The number of carboxylic acid groups (broad SMARTS) is 1. The lowest BCUT2D eigenvalue weighted by atomic mass is 9.86. The average molecular weight is 344 g/mol. The Balaban J connectivity index is 1.92. The molecule has 0 heterocycles. The van der Waals surface area contributed by atoms with E-state index >= 15 is 0 Å². The van der Waals surface area contributed by atoms with Crippen molar-refractivity contribution in [2.45, 2.75) is 44.6 Å². The van der Waals surface area contributed by atoms with E-state index < -0.39 is 5.97 Å². The summed E-state index contributed by atoms with van der Waals surface area (Å²) >= 11 is 11.9. The molecule has 1 aromatic rings. The lowest BCUT2D eigenvalue weighted by molar-refractivity contribution is -0.142. The highest BCUT2D eigenvalue weighted by Gasteiger charge is 2.28. The van der Waals surface area contributed by atoms with Gasteiger partial charge in [0.2, 0.25) is 5.91 Å². The molecule has 1 atom stereocenters. The van der Waals surface area contributed by atoms with Crippen molar-refractivity contribution in [3.8, 4) is 0 Å². The van der Waals surface area contributed by atoms with Crippen molar-refractivity contribution in [2.75, 3.05) is 0 Å². The monoisotopic (exact) mass is 343 g/mol. The molecule has 1 aliphatic carbocycles. The third-order valence-corrected chi connectivity index (χ3v) is 5.00. The van der Waals surface area contributed by atoms with Crippen LogP contribution in [0.5, 0.6) is 0 Å². The predicted octanol–water partition coefficient (Wildman–Crippen LogP) is 3.86. The molecule has 1 aliphatic rings. The van der Waals surface area contributed by atoms with Gasteiger partial charge in [-0.25, -0.2) is 0 Å². The first-order valence-corrected chi connectivity index (χ1v) is 8.12. The van der Waals surface area contributed by atoms with Gasteiger partial charge in [0, 0.05) is 6.04 Å². The summed E-state index contributed by atoms with van der Waals surface area (Å²) in [5.74, 6) is -1.42. The van der Waals surface area contributed by atoms with Crippen LogP contribution in [-0.2, 0) is 9.59 Å². The van der Waals surface area contributed by atoms with Gasteiger partial charge in [-0.1, -0.05) is 29.3 Å². The highest BCUT2D eigenvalue weighted by Crippen LogP contribution is 2.28. The Labute approximate surface area is 139 Å². The Kier molecular flexibility index (Phi) is 5.70. The van der Waals surface area contributed by atoms with Gasteiger partial charge in [-0.3, -0.25) is 9.59 Å². The molecule has 1 unspecified atom stereocenters. The largest absolute Gasteiger partial charge is 0.481 e. The fraction of sp³-hybridized carbons (Fsp3) is 0.500. The first-order chi connectivity index (χ1) is 10.4. The SMILES string of the molecule is CC(C(=O)NC1CCC(C(=O)O)CC1)c1ccc(Cl)c(Cl)c1. The van der Waals surface area contributed by atoms with E-state index in [1.807, 2.05) is 6.92 Å². The van der Waals surface area contributed by atoms with Crippen molar-refractivity contribution in [3.05, 3.63) is 33.8 Å². The van der Waals surface area contributed by atoms with Crippen molar-refractivity contribution in [1.82, 2.24) is 5.32 Å². The van der Waals surface area contributed by atoms with Crippen LogP contribution in [0.15, 0.2) is 18.2 Å². The van der Waals surface area contributed by atoms with Gasteiger partial charge in [0.05, 0.1) is 21.9 Å². The normalized spacial score (nSPS) is 22.9. The molecule has 0 bridgehead atoms. The molecule has 1 aromatic carbocycles. The zero-order chi connectivity index (χ0) is 16.3. The number of aliphatic carboxylic acids is 1. The van der Waals surface area contributed by atoms with Crippen molar-refractivity contribution in [3.63, 3.8) is 0 Å². The second-order valence-corrected chi connectivity index (χ2v) is 6.61. The number of carbonyl (C=O) groups excluding carboxylic acids is 1. The topological polar surface area (TPSA) is 66.4 Å².